The van der Waals surface area contributed by atoms with Gasteiger partial charge < -0.3 is 10.3 Å². The monoisotopic (exact) mass is 324 g/mol. The topological polar surface area (TPSA) is 62.0 Å². The van der Waals surface area contributed by atoms with Crippen molar-refractivity contribution >= 4 is 22.6 Å². The van der Waals surface area contributed by atoms with Crippen molar-refractivity contribution in [2.24, 2.45) is 0 Å². The van der Waals surface area contributed by atoms with Crippen molar-refractivity contribution in [3.63, 3.8) is 0 Å². The number of ketones is 1. The highest BCUT2D eigenvalue weighted by molar-refractivity contribution is 6.07. The number of fused-ring (bicyclic) bond motifs is 1. The zero-order valence-electron chi connectivity index (χ0n) is 13.2. The maximum absolute atomic E-state index is 13.4. The van der Waals surface area contributed by atoms with Gasteiger partial charge in [-0.1, -0.05) is 18.2 Å². The number of amides is 1. The van der Waals surface area contributed by atoms with Crippen LogP contribution in [0.4, 0.5) is 4.39 Å². The maximum Gasteiger partial charge on any atom is 0.252 e. The van der Waals surface area contributed by atoms with E-state index in [9.17, 15) is 14.0 Å². The smallest absolute Gasteiger partial charge is 0.252 e. The molecule has 1 amide bonds. The molecule has 0 bridgehead atoms. The standard InChI is InChI=1S/C19H17FN2O2/c1-12(23)15-4-2-3-5-16(15)19(24)21-9-8-13-11-22-18-7-6-14(20)10-17(13)18/h2-7,10-11,22H,8-9H2,1H3,(H,21,24). The second-order valence-corrected chi connectivity index (χ2v) is 5.61. The molecule has 1 heterocycles. The van der Waals surface area contributed by atoms with E-state index in [4.69, 9.17) is 0 Å². The van der Waals surface area contributed by atoms with Gasteiger partial charge in [-0.15, -0.1) is 0 Å². The van der Waals surface area contributed by atoms with Crippen molar-refractivity contribution in [2.75, 3.05) is 6.54 Å². The molecule has 0 aliphatic heterocycles. The molecule has 0 aliphatic carbocycles. The average Bonchev–Trinajstić information content (AvgIpc) is 2.97. The van der Waals surface area contributed by atoms with Gasteiger partial charge in [0.15, 0.2) is 5.78 Å². The summed E-state index contributed by atoms with van der Waals surface area (Å²) in [6.07, 6.45) is 2.39. The molecular formula is C19H17FN2O2. The molecule has 24 heavy (non-hydrogen) atoms. The van der Waals surface area contributed by atoms with E-state index in [0.717, 1.165) is 16.5 Å². The Morgan fingerprint density at radius 2 is 1.88 bits per heavy atom. The van der Waals surface area contributed by atoms with Gasteiger partial charge >= 0.3 is 0 Å². The van der Waals surface area contributed by atoms with Crippen molar-refractivity contribution < 1.29 is 14.0 Å². The first-order valence-electron chi connectivity index (χ1n) is 7.70. The summed E-state index contributed by atoms with van der Waals surface area (Å²) in [5.41, 5.74) is 2.57. The minimum atomic E-state index is -0.289. The summed E-state index contributed by atoms with van der Waals surface area (Å²) in [7, 11) is 0. The fourth-order valence-electron chi connectivity index (χ4n) is 2.75. The molecule has 0 saturated heterocycles. The summed E-state index contributed by atoms with van der Waals surface area (Å²) in [6, 6.07) is 11.3. The van der Waals surface area contributed by atoms with Crippen molar-refractivity contribution in [3.8, 4) is 0 Å². The van der Waals surface area contributed by atoms with E-state index in [1.54, 1.807) is 30.3 Å². The highest BCUT2D eigenvalue weighted by Crippen LogP contribution is 2.19. The zero-order valence-corrected chi connectivity index (χ0v) is 13.2. The number of aromatic amines is 1. The fourth-order valence-corrected chi connectivity index (χ4v) is 2.75. The predicted molar refractivity (Wildman–Crippen MR) is 90.7 cm³/mol. The molecule has 0 atom stereocenters. The first-order valence-corrected chi connectivity index (χ1v) is 7.70. The molecule has 1 aromatic heterocycles. The van der Waals surface area contributed by atoms with Gasteiger partial charge in [-0.05, 0) is 43.2 Å². The number of benzene rings is 2. The van der Waals surface area contributed by atoms with Crippen LogP contribution in [0, 0.1) is 5.82 Å². The van der Waals surface area contributed by atoms with Gasteiger partial charge in [0, 0.05) is 29.2 Å². The van der Waals surface area contributed by atoms with Crippen LogP contribution in [-0.2, 0) is 6.42 Å². The van der Waals surface area contributed by atoms with Crippen LogP contribution < -0.4 is 5.32 Å². The highest BCUT2D eigenvalue weighted by Gasteiger charge is 2.13. The maximum atomic E-state index is 13.4. The van der Waals surface area contributed by atoms with E-state index in [2.05, 4.69) is 10.3 Å². The second-order valence-electron chi connectivity index (χ2n) is 5.61. The summed E-state index contributed by atoms with van der Waals surface area (Å²) in [4.78, 5) is 27.0. The minimum Gasteiger partial charge on any atom is -0.361 e. The van der Waals surface area contributed by atoms with Gasteiger partial charge in [0.1, 0.15) is 5.82 Å². The molecule has 4 nitrogen and oxygen atoms in total. The van der Waals surface area contributed by atoms with Crippen LogP contribution in [0.2, 0.25) is 0 Å². The summed E-state index contributed by atoms with van der Waals surface area (Å²) < 4.78 is 13.4. The van der Waals surface area contributed by atoms with Crippen LogP contribution in [0.15, 0.2) is 48.7 Å². The molecule has 0 saturated carbocycles. The third kappa shape index (κ3) is 3.20. The highest BCUT2D eigenvalue weighted by atomic mass is 19.1. The van der Waals surface area contributed by atoms with Gasteiger partial charge in [0.25, 0.3) is 5.91 Å². The number of hydrogen-bond acceptors (Lipinski definition) is 2. The number of halogens is 1. The Balaban J connectivity index is 1.69. The molecule has 122 valence electrons. The Labute approximate surface area is 138 Å². The molecule has 0 spiro atoms. The number of carbonyl (C=O) groups excluding carboxylic acids is 2. The number of rotatable bonds is 5. The van der Waals surface area contributed by atoms with Gasteiger partial charge in [-0.25, -0.2) is 4.39 Å². The van der Waals surface area contributed by atoms with E-state index >= 15 is 0 Å². The number of aromatic nitrogens is 1. The first kappa shape index (κ1) is 15.9. The molecule has 2 N–H and O–H groups in total. The van der Waals surface area contributed by atoms with E-state index in [1.165, 1.54) is 19.1 Å². The second kappa shape index (κ2) is 6.66. The Hall–Kier alpha value is -2.95. The van der Waals surface area contributed by atoms with Crippen LogP contribution in [0.25, 0.3) is 10.9 Å². The Morgan fingerprint density at radius 1 is 1.12 bits per heavy atom. The number of H-pyrrole nitrogens is 1. The lowest BCUT2D eigenvalue weighted by molar-refractivity contribution is 0.0939. The lowest BCUT2D eigenvalue weighted by Gasteiger charge is -2.08. The van der Waals surface area contributed by atoms with Crippen LogP contribution in [0.3, 0.4) is 0 Å². The molecular weight excluding hydrogens is 307 g/mol. The molecule has 5 heteroatoms. The van der Waals surface area contributed by atoms with E-state index in [0.29, 0.717) is 24.1 Å². The average molecular weight is 324 g/mol. The summed E-state index contributed by atoms with van der Waals surface area (Å²) in [5.74, 6) is -0.720. The van der Waals surface area contributed by atoms with Crippen LogP contribution in [0.5, 0.6) is 0 Å². The number of hydrogen-bond donors (Lipinski definition) is 2. The molecule has 3 aromatic rings. The molecule has 0 radical (unpaired) electrons. The molecule has 0 unspecified atom stereocenters. The number of nitrogens with one attached hydrogen (secondary N) is 2. The third-order valence-electron chi connectivity index (χ3n) is 3.96. The van der Waals surface area contributed by atoms with Gasteiger partial charge in [0.05, 0.1) is 5.56 Å². The van der Waals surface area contributed by atoms with Gasteiger partial charge in [-0.2, -0.15) is 0 Å². The lowest BCUT2D eigenvalue weighted by Crippen LogP contribution is -2.27. The van der Waals surface area contributed by atoms with Crippen molar-refractivity contribution in [1.82, 2.24) is 10.3 Å². The largest absolute Gasteiger partial charge is 0.361 e. The predicted octanol–water partition coefficient (Wildman–Crippen LogP) is 3.48. The van der Waals surface area contributed by atoms with Crippen LogP contribution in [-0.4, -0.2) is 23.2 Å². The summed E-state index contributed by atoms with van der Waals surface area (Å²) in [6.45, 7) is 1.83. The van der Waals surface area contributed by atoms with Crippen molar-refractivity contribution in [1.29, 1.82) is 0 Å². The fraction of sp³-hybridized carbons (Fsp3) is 0.158. The molecule has 0 aliphatic rings. The van der Waals surface area contributed by atoms with Crippen molar-refractivity contribution in [3.05, 3.63) is 71.2 Å². The zero-order chi connectivity index (χ0) is 17.1. The molecule has 3 rings (SSSR count). The SMILES string of the molecule is CC(=O)c1ccccc1C(=O)NCCc1c[nH]c2ccc(F)cc12. The first-order chi connectivity index (χ1) is 11.6. The van der Waals surface area contributed by atoms with Gasteiger partial charge in [-0.3, -0.25) is 9.59 Å². The minimum absolute atomic E-state index is 0.146. The third-order valence-corrected chi connectivity index (χ3v) is 3.96. The van der Waals surface area contributed by atoms with Crippen LogP contribution in [0.1, 0.15) is 33.2 Å². The number of Topliss-reactive ketones (excluding diaryl/α,β-unsaturated/α-hetero) is 1. The quantitative estimate of drug-likeness (QED) is 0.706. The Kier molecular flexibility index (Phi) is 4.42. The normalized spacial score (nSPS) is 10.8. The number of carbonyl (C=O) groups is 2. The summed E-state index contributed by atoms with van der Waals surface area (Å²) >= 11 is 0. The van der Waals surface area contributed by atoms with E-state index in [1.807, 2.05) is 6.20 Å². The lowest BCUT2D eigenvalue weighted by atomic mass is 10.0. The molecule has 0 fully saturated rings. The van der Waals surface area contributed by atoms with E-state index < -0.39 is 0 Å². The molecule has 2 aromatic carbocycles. The van der Waals surface area contributed by atoms with Crippen molar-refractivity contribution in [2.45, 2.75) is 13.3 Å². The Bertz CT molecular complexity index is 915. The Morgan fingerprint density at radius 3 is 2.62 bits per heavy atom. The van der Waals surface area contributed by atoms with Gasteiger partial charge in [0.2, 0.25) is 0 Å². The van der Waals surface area contributed by atoms with E-state index in [-0.39, 0.29) is 17.5 Å². The summed E-state index contributed by atoms with van der Waals surface area (Å²) in [5, 5.41) is 3.63. The van der Waals surface area contributed by atoms with Crippen LogP contribution >= 0.6 is 0 Å².